The van der Waals surface area contributed by atoms with Crippen LogP contribution in [0.4, 0.5) is 11.4 Å². The lowest BCUT2D eigenvalue weighted by Crippen LogP contribution is -2.26. The molecule has 5 rings (SSSR count). The van der Waals surface area contributed by atoms with Gasteiger partial charge in [0.2, 0.25) is 0 Å². The van der Waals surface area contributed by atoms with Crippen molar-refractivity contribution in [2.45, 2.75) is 13.3 Å². The summed E-state index contributed by atoms with van der Waals surface area (Å²) >= 11 is 6.13. The molecule has 0 atom stereocenters. The molecule has 3 aromatic carbocycles. The summed E-state index contributed by atoms with van der Waals surface area (Å²) in [4.78, 5) is 30.8. The predicted octanol–water partition coefficient (Wildman–Crippen LogP) is 6.10. The van der Waals surface area contributed by atoms with Gasteiger partial charge < -0.3 is 15.4 Å². The van der Waals surface area contributed by atoms with E-state index in [9.17, 15) is 9.59 Å². The summed E-state index contributed by atoms with van der Waals surface area (Å²) in [6.45, 7) is 2.38. The molecule has 0 aliphatic carbocycles. The van der Waals surface area contributed by atoms with Gasteiger partial charge in [0.05, 0.1) is 11.9 Å². The molecule has 5 aromatic rings. The van der Waals surface area contributed by atoms with Gasteiger partial charge in [-0.2, -0.15) is 9.78 Å². The summed E-state index contributed by atoms with van der Waals surface area (Å²) in [6.07, 6.45) is 3.81. The van der Waals surface area contributed by atoms with Gasteiger partial charge >= 0.3 is 0 Å². The number of benzene rings is 3. The third kappa shape index (κ3) is 6.54. The monoisotopic (exact) mass is 551 g/mol. The van der Waals surface area contributed by atoms with Crippen molar-refractivity contribution in [3.8, 4) is 17.2 Å². The molecule has 2 heterocycles. The first-order valence-corrected chi connectivity index (χ1v) is 13.0. The van der Waals surface area contributed by atoms with E-state index in [0.717, 1.165) is 11.3 Å². The van der Waals surface area contributed by atoms with Crippen molar-refractivity contribution in [2.75, 3.05) is 11.9 Å². The van der Waals surface area contributed by atoms with Gasteiger partial charge in [-0.05, 0) is 73.2 Å². The SMILES string of the molecule is Cc1cccc(-n2ncc(Oc3cccc(Cl)c3)c(Nc3cccc(C(=O)NCCc4ccccn4)c3)c2=O)c1. The van der Waals surface area contributed by atoms with Crippen LogP contribution in [-0.4, -0.2) is 27.2 Å². The van der Waals surface area contributed by atoms with E-state index >= 15 is 0 Å². The van der Waals surface area contributed by atoms with Gasteiger partial charge in [0, 0.05) is 41.1 Å². The van der Waals surface area contributed by atoms with Gasteiger partial charge in [-0.1, -0.05) is 41.9 Å². The number of amides is 1. The maximum atomic E-state index is 13.7. The number of hydrogen-bond acceptors (Lipinski definition) is 6. The summed E-state index contributed by atoms with van der Waals surface area (Å²) in [5, 5.41) is 10.9. The fraction of sp³-hybridized carbons (Fsp3) is 0.0968. The first-order valence-electron chi connectivity index (χ1n) is 12.6. The second kappa shape index (κ2) is 12.3. The summed E-state index contributed by atoms with van der Waals surface area (Å²) in [5.41, 5.74) is 3.21. The number of carbonyl (C=O) groups excluding carboxylic acids is 1. The van der Waals surface area contributed by atoms with Crippen molar-refractivity contribution in [1.82, 2.24) is 20.1 Å². The average Bonchev–Trinajstić information content (AvgIpc) is 2.96. The van der Waals surface area contributed by atoms with Gasteiger partial charge in [0.15, 0.2) is 11.4 Å². The second-order valence-electron chi connectivity index (χ2n) is 9.03. The normalized spacial score (nSPS) is 10.7. The third-order valence-corrected chi connectivity index (χ3v) is 6.24. The molecule has 2 aromatic heterocycles. The molecule has 0 saturated carbocycles. The van der Waals surface area contributed by atoms with Crippen molar-refractivity contribution in [2.24, 2.45) is 0 Å². The zero-order valence-corrected chi connectivity index (χ0v) is 22.4. The fourth-order valence-corrected chi connectivity index (χ4v) is 4.25. The highest BCUT2D eigenvalue weighted by atomic mass is 35.5. The van der Waals surface area contributed by atoms with E-state index in [4.69, 9.17) is 16.3 Å². The maximum Gasteiger partial charge on any atom is 0.299 e. The third-order valence-electron chi connectivity index (χ3n) is 6.00. The Morgan fingerprint density at radius 2 is 1.82 bits per heavy atom. The van der Waals surface area contributed by atoms with E-state index in [1.807, 2.05) is 43.3 Å². The summed E-state index contributed by atoms with van der Waals surface area (Å²) in [7, 11) is 0. The van der Waals surface area contributed by atoms with Crippen LogP contribution in [-0.2, 0) is 6.42 Å². The molecular weight excluding hydrogens is 526 g/mol. The Morgan fingerprint density at radius 1 is 0.975 bits per heavy atom. The first-order chi connectivity index (χ1) is 19.5. The Bertz CT molecular complexity index is 1710. The number of ether oxygens (including phenoxy) is 1. The smallest absolute Gasteiger partial charge is 0.299 e. The number of carbonyl (C=O) groups is 1. The van der Waals surface area contributed by atoms with Crippen molar-refractivity contribution in [3.63, 3.8) is 0 Å². The fourth-order valence-electron chi connectivity index (χ4n) is 4.07. The van der Waals surface area contributed by atoms with E-state index in [0.29, 0.717) is 40.7 Å². The van der Waals surface area contributed by atoms with E-state index in [1.54, 1.807) is 60.8 Å². The predicted molar refractivity (Wildman–Crippen MR) is 156 cm³/mol. The van der Waals surface area contributed by atoms with Gasteiger partial charge in [0.25, 0.3) is 11.5 Å². The standard InChI is InChI=1S/C31H26ClN5O3/c1-21-7-4-12-26(17-21)37-31(39)29(28(20-35-37)40-27-13-6-9-23(32)19-27)36-25-11-5-8-22(18-25)30(38)34-16-14-24-10-2-3-15-33-24/h2-13,15,17-20,36H,14,16H2,1H3,(H,34,38). The molecule has 0 spiro atoms. The topological polar surface area (TPSA) is 98.1 Å². The van der Waals surface area contributed by atoms with Crippen molar-refractivity contribution < 1.29 is 9.53 Å². The number of anilines is 2. The average molecular weight is 552 g/mol. The van der Waals surface area contributed by atoms with Gasteiger partial charge in [-0.3, -0.25) is 14.6 Å². The summed E-state index contributed by atoms with van der Waals surface area (Å²) < 4.78 is 7.32. The van der Waals surface area contributed by atoms with E-state index in [1.165, 1.54) is 10.9 Å². The number of hydrogen-bond donors (Lipinski definition) is 2. The highest BCUT2D eigenvalue weighted by Gasteiger charge is 2.16. The molecule has 0 saturated heterocycles. The zero-order chi connectivity index (χ0) is 27.9. The summed E-state index contributed by atoms with van der Waals surface area (Å²) in [5.74, 6) is 0.425. The lowest BCUT2D eigenvalue weighted by molar-refractivity contribution is 0.0954. The number of pyridine rings is 1. The molecule has 1 amide bonds. The molecule has 0 fully saturated rings. The Hall–Kier alpha value is -4.95. The molecule has 8 nitrogen and oxygen atoms in total. The van der Waals surface area contributed by atoms with Crippen molar-refractivity contribution >= 4 is 28.9 Å². The molecule has 9 heteroatoms. The maximum absolute atomic E-state index is 13.7. The van der Waals surface area contributed by atoms with Crippen LogP contribution in [0.1, 0.15) is 21.6 Å². The highest BCUT2D eigenvalue weighted by molar-refractivity contribution is 6.30. The minimum absolute atomic E-state index is 0.157. The lowest BCUT2D eigenvalue weighted by Gasteiger charge is -2.15. The molecule has 0 bridgehead atoms. The van der Waals surface area contributed by atoms with Crippen LogP contribution >= 0.6 is 11.6 Å². The van der Waals surface area contributed by atoms with Crippen molar-refractivity contribution in [1.29, 1.82) is 0 Å². The van der Waals surface area contributed by atoms with Gasteiger partial charge in [-0.15, -0.1) is 0 Å². The van der Waals surface area contributed by atoms with Gasteiger partial charge in [0.1, 0.15) is 5.75 Å². The molecule has 0 radical (unpaired) electrons. The van der Waals surface area contributed by atoms with Crippen LogP contribution in [0.15, 0.2) is 108 Å². The lowest BCUT2D eigenvalue weighted by atomic mass is 10.1. The molecule has 2 N–H and O–H groups in total. The molecular formula is C31H26ClN5O3. The van der Waals surface area contributed by atoms with Crippen LogP contribution < -0.4 is 20.9 Å². The van der Waals surface area contributed by atoms with Crippen LogP contribution in [0.3, 0.4) is 0 Å². The number of halogens is 1. The Balaban J connectivity index is 1.43. The quantitative estimate of drug-likeness (QED) is 0.230. The highest BCUT2D eigenvalue weighted by Crippen LogP contribution is 2.30. The number of aryl methyl sites for hydroxylation is 1. The number of rotatable bonds is 9. The number of nitrogens with zero attached hydrogens (tertiary/aromatic N) is 3. The molecule has 0 unspecified atom stereocenters. The molecule has 40 heavy (non-hydrogen) atoms. The minimum atomic E-state index is -0.421. The second-order valence-corrected chi connectivity index (χ2v) is 9.47. The number of nitrogens with one attached hydrogen (secondary N) is 2. The molecule has 0 aliphatic rings. The van der Waals surface area contributed by atoms with Gasteiger partial charge in [-0.25, -0.2) is 0 Å². The van der Waals surface area contributed by atoms with Crippen LogP contribution in [0.25, 0.3) is 5.69 Å². The Labute approximate surface area is 236 Å². The Morgan fingerprint density at radius 3 is 2.62 bits per heavy atom. The van der Waals surface area contributed by atoms with E-state index in [-0.39, 0.29) is 17.3 Å². The largest absolute Gasteiger partial charge is 0.453 e. The van der Waals surface area contributed by atoms with Crippen LogP contribution in [0.2, 0.25) is 5.02 Å². The Kier molecular flexibility index (Phi) is 8.18. The van der Waals surface area contributed by atoms with Crippen molar-refractivity contribution in [3.05, 3.63) is 136 Å². The van der Waals surface area contributed by atoms with E-state index in [2.05, 4.69) is 20.7 Å². The van der Waals surface area contributed by atoms with Crippen LogP contribution in [0.5, 0.6) is 11.5 Å². The number of aromatic nitrogens is 3. The summed E-state index contributed by atoms with van der Waals surface area (Å²) in [6, 6.07) is 26.9. The molecule has 200 valence electrons. The molecule has 0 aliphatic heterocycles. The first kappa shape index (κ1) is 26.6. The zero-order valence-electron chi connectivity index (χ0n) is 21.7. The minimum Gasteiger partial charge on any atom is -0.453 e. The van der Waals surface area contributed by atoms with Crippen LogP contribution in [0, 0.1) is 6.92 Å². The van der Waals surface area contributed by atoms with E-state index < -0.39 is 5.56 Å².